The number of hydrogen-bond donors (Lipinski definition) is 1. The Morgan fingerprint density at radius 2 is 1.73 bits per heavy atom. The lowest BCUT2D eigenvalue weighted by Crippen LogP contribution is -2.35. The molecule has 0 aromatic heterocycles. The van der Waals surface area contributed by atoms with E-state index in [1.807, 2.05) is 3.98 Å². The highest BCUT2D eigenvalue weighted by atomic mass is 32.1. The van der Waals surface area contributed by atoms with E-state index in [2.05, 4.69) is 40.3 Å². The topological polar surface area (TPSA) is 3.01 Å². The third-order valence-corrected chi connectivity index (χ3v) is 3.00. The van der Waals surface area contributed by atoms with Crippen molar-refractivity contribution in [3.8, 4) is 0 Å². The van der Waals surface area contributed by atoms with Gasteiger partial charge >= 0.3 is 0 Å². The molecule has 0 unspecified atom stereocenters. The summed E-state index contributed by atoms with van der Waals surface area (Å²) in [6, 6.07) is 0. The van der Waals surface area contributed by atoms with Crippen molar-refractivity contribution in [3.63, 3.8) is 0 Å². The minimum Gasteiger partial charge on any atom is -0.170 e. The molecule has 0 N–H and O–H groups in total. The largest absolute Gasteiger partial charge is 0.174 e. The van der Waals surface area contributed by atoms with Crippen molar-refractivity contribution >= 4 is 19.5 Å². The Labute approximate surface area is 76.1 Å². The first kappa shape index (κ1) is 11.0. The minimum atomic E-state index is 0.220. The molecule has 0 bridgehead atoms. The van der Waals surface area contributed by atoms with E-state index in [0.29, 0.717) is 0 Å². The maximum atomic E-state index is 4.30. The molecule has 0 aliphatic rings. The highest BCUT2D eigenvalue weighted by Crippen LogP contribution is 2.26. The summed E-state index contributed by atoms with van der Waals surface area (Å²) >= 11 is 4.30. The zero-order valence-corrected chi connectivity index (χ0v) is 8.82. The molecule has 0 rings (SSSR count). The Balaban J connectivity index is 4.32. The average Bonchev–Trinajstić information content (AvgIpc) is 2.00. The fraction of sp³-hybridized carbons (Fsp3) is 0.889. The summed E-state index contributed by atoms with van der Waals surface area (Å²) in [5, 5.41) is 0. The van der Waals surface area contributed by atoms with Crippen molar-refractivity contribution in [2.45, 2.75) is 52.0 Å². The highest BCUT2D eigenvalue weighted by Gasteiger charge is 2.33. The van der Waals surface area contributed by atoms with Crippen LogP contribution in [-0.2, 0) is 0 Å². The van der Waals surface area contributed by atoms with Gasteiger partial charge in [0.15, 0.2) is 5.54 Å². The van der Waals surface area contributed by atoms with Crippen LogP contribution < -0.4 is 0 Å². The molecule has 0 spiro atoms. The van der Waals surface area contributed by atoms with E-state index in [1.165, 1.54) is 12.8 Å². The molecule has 11 heavy (non-hydrogen) atoms. The molecule has 0 aromatic carbocycles. The van der Waals surface area contributed by atoms with E-state index < -0.39 is 0 Å². The molecule has 0 radical (unpaired) electrons. The molecular formula is C9H20NS+. The normalized spacial score (nSPS) is 11.6. The number of rotatable bonds is 5. The van der Waals surface area contributed by atoms with Gasteiger partial charge in [-0.25, -0.2) is 0 Å². The van der Waals surface area contributed by atoms with Crippen LogP contribution in [0.5, 0.6) is 0 Å². The van der Waals surface area contributed by atoms with Crippen molar-refractivity contribution in [3.05, 3.63) is 0 Å². The molecule has 66 valence electrons. The van der Waals surface area contributed by atoms with Crippen molar-refractivity contribution in [2.75, 3.05) is 0 Å². The number of hydrogen-bond acceptors (Lipinski definition) is 1. The van der Waals surface area contributed by atoms with Crippen LogP contribution in [0.2, 0.25) is 0 Å². The molecule has 0 saturated carbocycles. The highest BCUT2D eigenvalue weighted by molar-refractivity contribution is 7.73. The Kier molecular flexibility index (Phi) is 4.82. The standard InChI is InChI=1S/C9H20NS/c1-5-8-9(6-2,7-3)10(4)11/h11H,4-8H2,1-3H3/q+1. The van der Waals surface area contributed by atoms with Gasteiger partial charge in [0.05, 0.1) is 0 Å². The first-order valence-corrected chi connectivity index (χ1v) is 4.82. The van der Waals surface area contributed by atoms with Gasteiger partial charge in [0, 0.05) is 19.3 Å². The van der Waals surface area contributed by atoms with Crippen molar-refractivity contribution in [1.82, 2.24) is 0 Å². The molecule has 0 amide bonds. The molecule has 2 heteroatoms. The summed E-state index contributed by atoms with van der Waals surface area (Å²) in [6.07, 6.45) is 4.65. The van der Waals surface area contributed by atoms with E-state index in [0.717, 1.165) is 12.8 Å². The molecule has 0 aliphatic carbocycles. The van der Waals surface area contributed by atoms with E-state index in [1.54, 1.807) is 0 Å². The summed E-state index contributed by atoms with van der Waals surface area (Å²) in [5.74, 6) is 0. The maximum absolute atomic E-state index is 4.30. The Morgan fingerprint density at radius 3 is 1.82 bits per heavy atom. The van der Waals surface area contributed by atoms with Crippen molar-refractivity contribution in [2.24, 2.45) is 0 Å². The maximum Gasteiger partial charge on any atom is 0.174 e. The van der Waals surface area contributed by atoms with Crippen LogP contribution in [0.25, 0.3) is 0 Å². The Hall–Kier alpha value is 0.0200. The van der Waals surface area contributed by atoms with Gasteiger partial charge in [-0.2, -0.15) is 3.98 Å². The van der Waals surface area contributed by atoms with Crippen molar-refractivity contribution < 1.29 is 3.98 Å². The van der Waals surface area contributed by atoms with Crippen LogP contribution in [0.4, 0.5) is 0 Å². The van der Waals surface area contributed by atoms with Crippen molar-refractivity contribution in [1.29, 1.82) is 0 Å². The van der Waals surface area contributed by atoms with Crippen LogP contribution in [0.3, 0.4) is 0 Å². The second kappa shape index (κ2) is 4.81. The van der Waals surface area contributed by atoms with Gasteiger partial charge in [-0.1, -0.05) is 20.8 Å². The van der Waals surface area contributed by atoms with Gasteiger partial charge in [0.1, 0.15) is 19.5 Å². The Bertz CT molecular complexity index is 128. The molecular weight excluding hydrogens is 154 g/mol. The summed E-state index contributed by atoms with van der Waals surface area (Å²) in [5.41, 5.74) is 0.220. The molecule has 0 atom stereocenters. The summed E-state index contributed by atoms with van der Waals surface area (Å²) in [6.45, 7) is 10.5. The predicted octanol–water partition coefficient (Wildman–Crippen LogP) is 2.90. The molecule has 0 heterocycles. The Morgan fingerprint density at radius 1 is 1.27 bits per heavy atom. The molecule has 0 saturated heterocycles. The van der Waals surface area contributed by atoms with E-state index >= 15 is 0 Å². The van der Waals surface area contributed by atoms with Gasteiger partial charge in [0.25, 0.3) is 0 Å². The lowest BCUT2D eigenvalue weighted by Gasteiger charge is -2.24. The average molecular weight is 174 g/mol. The van der Waals surface area contributed by atoms with Crippen LogP contribution in [0.1, 0.15) is 46.5 Å². The minimum absolute atomic E-state index is 0.220. The summed E-state index contributed by atoms with van der Waals surface area (Å²) in [4.78, 5) is 0. The molecule has 1 nitrogen and oxygen atoms in total. The van der Waals surface area contributed by atoms with Gasteiger partial charge in [-0.3, -0.25) is 0 Å². The van der Waals surface area contributed by atoms with Gasteiger partial charge in [-0.05, 0) is 6.42 Å². The van der Waals surface area contributed by atoms with Gasteiger partial charge < -0.3 is 0 Å². The van der Waals surface area contributed by atoms with Crippen LogP contribution >= 0.6 is 12.8 Å². The zero-order chi connectivity index (χ0) is 8.91. The lowest BCUT2D eigenvalue weighted by atomic mass is 9.89. The van der Waals surface area contributed by atoms with Gasteiger partial charge in [-0.15, -0.1) is 0 Å². The van der Waals surface area contributed by atoms with E-state index in [4.69, 9.17) is 0 Å². The van der Waals surface area contributed by atoms with Gasteiger partial charge in [0.2, 0.25) is 0 Å². The van der Waals surface area contributed by atoms with Crippen LogP contribution in [-0.4, -0.2) is 16.2 Å². The zero-order valence-electron chi connectivity index (χ0n) is 7.93. The third kappa shape index (κ3) is 2.51. The quantitative estimate of drug-likeness (QED) is 0.371. The lowest BCUT2D eigenvalue weighted by molar-refractivity contribution is -0.448. The van der Waals surface area contributed by atoms with Crippen LogP contribution in [0, 0.1) is 0 Å². The van der Waals surface area contributed by atoms with E-state index in [-0.39, 0.29) is 5.54 Å². The molecule has 0 aliphatic heterocycles. The smallest absolute Gasteiger partial charge is 0.170 e. The SMILES string of the molecule is C=[N+](S)C(CC)(CC)CCC. The number of nitrogens with zero attached hydrogens (tertiary/aromatic N) is 1. The summed E-state index contributed by atoms with van der Waals surface area (Å²) < 4.78 is 1.83. The first-order valence-electron chi connectivity index (χ1n) is 4.42. The summed E-state index contributed by atoms with van der Waals surface area (Å²) in [7, 11) is 0. The molecule has 0 aromatic rings. The second-order valence-corrected chi connectivity index (χ2v) is 3.56. The third-order valence-electron chi connectivity index (χ3n) is 2.58. The predicted molar refractivity (Wildman–Crippen MR) is 54.6 cm³/mol. The fourth-order valence-electron chi connectivity index (χ4n) is 1.56. The van der Waals surface area contributed by atoms with Crippen LogP contribution in [0.15, 0.2) is 0 Å². The second-order valence-electron chi connectivity index (χ2n) is 3.08. The van der Waals surface area contributed by atoms with E-state index in [9.17, 15) is 0 Å². The molecule has 0 fully saturated rings. The number of thiol groups is 1. The monoisotopic (exact) mass is 174 g/mol. The fourth-order valence-corrected chi connectivity index (χ4v) is 1.95. The first-order chi connectivity index (χ1) is 5.13.